The third-order valence-corrected chi connectivity index (χ3v) is 4.45. The number of hydrogen-bond donors (Lipinski definition) is 1. The van der Waals surface area contributed by atoms with E-state index in [4.69, 9.17) is 4.74 Å². The molecule has 1 saturated carbocycles. The second-order valence-electron chi connectivity index (χ2n) is 6.34. The fraction of sp³-hybridized carbons (Fsp3) is 0.350. The number of hydrogen-bond acceptors (Lipinski definition) is 3. The van der Waals surface area contributed by atoms with Crippen molar-refractivity contribution < 1.29 is 14.6 Å². The predicted octanol–water partition coefficient (Wildman–Crippen LogP) is 3.99. The zero-order valence-electron chi connectivity index (χ0n) is 13.9. The van der Waals surface area contributed by atoms with E-state index in [2.05, 4.69) is 0 Å². The van der Waals surface area contributed by atoms with Crippen LogP contribution in [0.15, 0.2) is 48.5 Å². The first-order chi connectivity index (χ1) is 11.6. The molecule has 1 fully saturated rings. The van der Waals surface area contributed by atoms with Crippen molar-refractivity contribution in [3.63, 3.8) is 0 Å². The number of para-hydroxylation sites is 1. The molecule has 0 unspecified atom stereocenters. The summed E-state index contributed by atoms with van der Waals surface area (Å²) in [6.07, 6.45) is 5.01. The average molecular weight is 325 g/mol. The normalized spacial score (nSPS) is 14.5. The molecule has 4 nitrogen and oxygen atoms in total. The zero-order chi connectivity index (χ0) is 16.9. The van der Waals surface area contributed by atoms with Crippen molar-refractivity contribution in [2.75, 3.05) is 7.05 Å². The molecule has 1 amide bonds. The fourth-order valence-electron chi connectivity index (χ4n) is 3.07. The van der Waals surface area contributed by atoms with Gasteiger partial charge in [-0.15, -0.1) is 0 Å². The fourth-order valence-corrected chi connectivity index (χ4v) is 3.07. The topological polar surface area (TPSA) is 49.8 Å². The van der Waals surface area contributed by atoms with Crippen LogP contribution in [-0.2, 0) is 6.54 Å². The molecule has 0 aliphatic heterocycles. The number of carbonyl (C=O) groups excluding carboxylic acids is 1. The van der Waals surface area contributed by atoms with Crippen LogP contribution in [0, 0.1) is 0 Å². The minimum Gasteiger partial charge on any atom is -0.508 e. The van der Waals surface area contributed by atoms with E-state index < -0.39 is 0 Å². The minimum absolute atomic E-state index is 0.0781. The van der Waals surface area contributed by atoms with Gasteiger partial charge in [0, 0.05) is 24.7 Å². The second kappa shape index (κ2) is 7.39. The van der Waals surface area contributed by atoms with Gasteiger partial charge in [-0.3, -0.25) is 4.79 Å². The van der Waals surface area contributed by atoms with Crippen LogP contribution in [0.4, 0.5) is 0 Å². The molecule has 1 N–H and O–H groups in total. The highest BCUT2D eigenvalue weighted by atomic mass is 16.5. The van der Waals surface area contributed by atoms with Crippen LogP contribution in [-0.4, -0.2) is 29.1 Å². The predicted molar refractivity (Wildman–Crippen MR) is 93.2 cm³/mol. The van der Waals surface area contributed by atoms with Crippen molar-refractivity contribution in [2.45, 2.75) is 38.3 Å². The smallest absolute Gasteiger partial charge is 0.253 e. The van der Waals surface area contributed by atoms with Crippen molar-refractivity contribution in [2.24, 2.45) is 0 Å². The summed E-state index contributed by atoms with van der Waals surface area (Å²) < 4.78 is 5.92. The number of benzene rings is 2. The lowest BCUT2D eigenvalue weighted by Gasteiger charge is -2.18. The Balaban J connectivity index is 1.62. The van der Waals surface area contributed by atoms with Crippen LogP contribution in [0.5, 0.6) is 11.5 Å². The number of amides is 1. The number of nitrogens with zero attached hydrogens (tertiary/aromatic N) is 1. The van der Waals surface area contributed by atoms with Gasteiger partial charge < -0.3 is 14.7 Å². The van der Waals surface area contributed by atoms with Crippen LogP contribution in [0.3, 0.4) is 0 Å². The van der Waals surface area contributed by atoms with E-state index in [0.29, 0.717) is 18.2 Å². The van der Waals surface area contributed by atoms with Crippen LogP contribution in [0.2, 0.25) is 0 Å². The van der Waals surface area contributed by atoms with Crippen molar-refractivity contribution in [1.29, 1.82) is 0 Å². The first-order valence-electron chi connectivity index (χ1n) is 8.42. The summed E-state index contributed by atoms with van der Waals surface area (Å²) in [6.45, 7) is 0.367. The summed E-state index contributed by atoms with van der Waals surface area (Å²) in [4.78, 5) is 14.1. The Kier molecular flexibility index (Phi) is 5.04. The van der Waals surface area contributed by atoms with Gasteiger partial charge in [-0.25, -0.2) is 0 Å². The van der Waals surface area contributed by atoms with Gasteiger partial charge in [0.25, 0.3) is 5.91 Å². The molecule has 2 aromatic rings. The molecule has 4 heteroatoms. The molecular weight excluding hydrogens is 302 g/mol. The molecule has 0 radical (unpaired) electrons. The Morgan fingerprint density at radius 2 is 1.79 bits per heavy atom. The molecule has 1 aliphatic rings. The van der Waals surface area contributed by atoms with Gasteiger partial charge >= 0.3 is 0 Å². The summed E-state index contributed by atoms with van der Waals surface area (Å²) in [5, 5.41) is 9.83. The highest BCUT2D eigenvalue weighted by Gasteiger charge is 2.17. The maximum absolute atomic E-state index is 12.5. The summed E-state index contributed by atoms with van der Waals surface area (Å²) in [5.74, 6) is 0.949. The lowest BCUT2D eigenvalue weighted by Crippen LogP contribution is -2.26. The van der Waals surface area contributed by atoms with Gasteiger partial charge in [-0.05, 0) is 56.0 Å². The first kappa shape index (κ1) is 16.4. The molecule has 0 bridgehead atoms. The maximum Gasteiger partial charge on any atom is 0.253 e. The second-order valence-corrected chi connectivity index (χ2v) is 6.34. The number of ether oxygens (including phenoxy) is 1. The Morgan fingerprint density at radius 3 is 2.46 bits per heavy atom. The zero-order valence-corrected chi connectivity index (χ0v) is 13.9. The summed E-state index contributed by atoms with van der Waals surface area (Å²) in [5.41, 5.74) is 1.35. The minimum atomic E-state index is -0.0781. The Morgan fingerprint density at radius 1 is 1.12 bits per heavy atom. The summed E-state index contributed by atoms with van der Waals surface area (Å²) in [6, 6.07) is 14.4. The van der Waals surface area contributed by atoms with Crippen molar-refractivity contribution in [3.05, 3.63) is 59.7 Å². The van der Waals surface area contributed by atoms with E-state index in [0.717, 1.165) is 24.2 Å². The van der Waals surface area contributed by atoms with E-state index >= 15 is 0 Å². The number of rotatable bonds is 5. The molecule has 0 saturated heterocycles. The lowest BCUT2D eigenvalue weighted by molar-refractivity contribution is 0.0784. The average Bonchev–Trinajstić information content (AvgIpc) is 3.10. The van der Waals surface area contributed by atoms with Gasteiger partial charge in [0.2, 0.25) is 0 Å². The Bertz CT molecular complexity index is 690. The molecule has 1 aliphatic carbocycles. The van der Waals surface area contributed by atoms with Crippen LogP contribution in [0.25, 0.3) is 0 Å². The van der Waals surface area contributed by atoms with Crippen LogP contribution < -0.4 is 4.74 Å². The van der Waals surface area contributed by atoms with Gasteiger partial charge in [0.05, 0.1) is 6.10 Å². The van der Waals surface area contributed by atoms with Gasteiger partial charge in [-0.1, -0.05) is 18.2 Å². The molecule has 0 heterocycles. The van der Waals surface area contributed by atoms with Gasteiger partial charge in [0.1, 0.15) is 11.5 Å². The van der Waals surface area contributed by atoms with E-state index in [1.165, 1.54) is 12.8 Å². The number of aromatic hydroxyl groups is 1. The molecular formula is C20H23NO3. The monoisotopic (exact) mass is 325 g/mol. The van der Waals surface area contributed by atoms with Crippen molar-refractivity contribution >= 4 is 5.91 Å². The molecule has 0 aromatic heterocycles. The highest BCUT2D eigenvalue weighted by molar-refractivity contribution is 5.94. The third-order valence-electron chi connectivity index (χ3n) is 4.45. The Hall–Kier alpha value is -2.49. The molecule has 0 spiro atoms. The van der Waals surface area contributed by atoms with E-state index in [-0.39, 0.29) is 11.7 Å². The highest BCUT2D eigenvalue weighted by Crippen LogP contribution is 2.24. The molecule has 24 heavy (non-hydrogen) atoms. The quantitative estimate of drug-likeness (QED) is 0.904. The first-order valence-corrected chi connectivity index (χ1v) is 8.42. The molecule has 0 atom stereocenters. The van der Waals surface area contributed by atoms with E-state index in [9.17, 15) is 9.90 Å². The molecule has 2 aromatic carbocycles. The van der Waals surface area contributed by atoms with E-state index in [1.54, 1.807) is 36.2 Å². The van der Waals surface area contributed by atoms with Gasteiger partial charge in [0.15, 0.2) is 0 Å². The molecule has 3 rings (SSSR count). The van der Waals surface area contributed by atoms with Crippen molar-refractivity contribution in [3.8, 4) is 11.5 Å². The van der Waals surface area contributed by atoms with Gasteiger partial charge in [-0.2, -0.15) is 0 Å². The number of phenolic OH excluding ortho intramolecular Hbond substituents is 1. The third kappa shape index (κ3) is 3.88. The van der Waals surface area contributed by atoms with E-state index in [1.807, 2.05) is 24.3 Å². The van der Waals surface area contributed by atoms with Crippen molar-refractivity contribution in [1.82, 2.24) is 4.90 Å². The number of phenols is 1. The SMILES string of the molecule is CN(Cc1ccccc1O)C(=O)c1ccc(OC2CCCC2)cc1. The summed E-state index contributed by atoms with van der Waals surface area (Å²) in [7, 11) is 1.73. The van der Waals surface area contributed by atoms with Crippen LogP contribution >= 0.6 is 0 Å². The number of carbonyl (C=O) groups is 1. The summed E-state index contributed by atoms with van der Waals surface area (Å²) >= 11 is 0. The van der Waals surface area contributed by atoms with Crippen LogP contribution in [0.1, 0.15) is 41.6 Å². The largest absolute Gasteiger partial charge is 0.508 e. The maximum atomic E-state index is 12.5. The standard InChI is InChI=1S/C20H23NO3/c1-21(14-16-6-2-5-9-19(16)22)20(23)15-10-12-18(13-11-15)24-17-7-3-4-8-17/h2,5-6,9-13,17,22H,3-4,7-8,14H2,1H3. The lowest BCUT2D eigenvalue weighted by atomic mass is 10.1. The Labute approximate surface area is 142 Å². The molecule has 126 valence electrons.